The second-order valence-electron chi connectivity index (χ2n) is 7.15. The van der Waals surface area contributed by atoms with E-state index in [0.717, 1.165) is 36.0 Å². The molecule has 1 aromatic rings. The van der Waals surface area contributed by atoms with Gasteiger partial charge in [-0.3, -0.25) is 9.79 Å². The Morgan fingerprint density at radius 1 is 1.45 bits per heavy atom. The standard InChI is InChI=1S/C20H34N4O3S.HI/c1-5-21-20(22-12-8-11-18(25)27-17-9-6-7-10-17)24(3)13-16-14-28-19(23-16)15(2)26-4;/h14-15,17H,5-13H2,1-4H3,(H,21,22);1H. The molecule has 1 aromatic heterocycles. The SMILES string of the molecule is CCNC(=NCCCC(=O)OC1CCCC1)N(C)Cc1csc(C(C)OC)n1.I. The summed E-state index contributed by atoms with van der Waals surface area (Å²) in [5.41, 5.74) is 0.997. The molecule has 0 spiro atoms. The van der Waals surface area contributed by atoms with Crippen molar-refractivity contribution in [1.29, 1.82) is 0 Å². The summed E-state index contributed by atoms with van der Waals surface area (Å²) in [4.78, 5) is 23.3. The van der Waals surface area contributed by atoms with Gasteiger partial charge in [-0.25, -0.2) is 4.98 Å². The van der Waals surface area contributed by atoms with E-state index in [1.807, 2.05) is 20.9 Å². The van der Waals surface area contributed by atoms with Crippen molar-refractivity contribution in [3.8, 4) is 0 Å². The van der Waals surface area contributed by atoms with Gasteiger partial charge in [-0.2, -0.15) is 0 Å². The number of guanidine groups is 1. The summed E-state index contributed by atoms with van der Waals surface area (Å²) in [5.74, 6) is 0.726. The van der Waals surface area contributed by atoms with Crippen LogP contribution >= 0.6 is 35.3 Å². The molecule has 1 heterocycles. The number of hydrogen-bond donors (Lipinski definition) is 1. The van der Waals surface area contributed by atoms with Gasteiger partial charge >= 0.3 is 5.97 Å². The van der Waals surface area contributed by atoms with Crippen LogP contribution in [0.15, 0.2) is 10.4 Å². The van der Waals surface area contributed by atoms with Crippen LogP contribution < -0.4 is 5.32 Å². The summed E-state index contributed by atoms with van der Waals surface area (Å²) >= 11 is 1.61. The van der Waals surface area contributed by atoms with Crippen molar-refractivity contribution in [3.63, 3.8) is 0 Å². The monoisotopic (exact) mass is 538 g/mol. The molecule has 2 rings (SSSR count). The number of rotatable bonds is 10. The number of methoxy groups -OCH3 is 1. The maximum atomic E-state index is 11.9. The maximum absolute atomic E-state index is 11.9. The Labute approximate surface area is 195 Å². The number of carbonyl (C=O) groups excluding carboxylic acids is 1. The lowest BCUT2D eigenvalue weighted by Crippen LogP contribution is -2.38. The van der Waals surface area contributed by atoms with Crippen molar-refractivity contribution < 1.29 is 14.3 Å². The normalized spacial score (nSPS) is 15.7. The van der Waals surface area contributed by atoms with Gasteiger partial charge in [0, 0.05) is 39.0 Å². The minimum atomic E-state index is -0.0947. The Bertz CT molecular complexity index is 635. The van der Waals surface area contributed by atoms with Crippen molar-refractivity contribution in [3.05, 3.63) is 16.1 Å². The Balaban J connectivity index is 0.00000420. The molecule has 1 fully saturated rings. The van der Waals surface area contributed by atoms with Crippen LogP contribution in [0, 0.1) is 0 Å². The van der Waals surface area contributed by atoms with E-state index in [9.17, 15) is 4.79 Å². The maximum Gasteiger partial charge on any atom is 0.306 e. The molecule has 0 bridgehead atoms. The summed E-state index contributed by atoms with van der Waals surface area (Å²) in [6.45, 7) is 6.09. The van der Waals surface area contributed by atoms with E-state index >= 15 is 0 Å². The molecule has 1 unspecified atom stereocenters. The summed E-state index contributed by atoms with van der Waals surface area (Å²) in [6.07, 6.45) is 5.64. The zero-order valence-electron chi connectivity index (χ0n) is 18.0. The largest absolute Gasteiger partial charge is 0.462 e. The van der Waals surface area contributed by atoms with Crippen LogP contribution in [-0.2, 0) is 20.8 Å². The van der Waals surface area contributed by atoms with Gasteiger partial charge in [-0.1, -0.05) is 0 Å². The first-order chi connectivity index (χ1) is 13.5. The average molecular weight is 538 g/mol. The second-order valence-corrected chi connectivity index (χ2v) is 8.04. The average Bonchev–Trinajstić information content (AvgIpc) is 3.35. The number of halogens is 1. The summed E-state index contributed by atoms with van der Waals surface area (Å²) < 4.78 is 10.8. The lowest BCUT2D eigenvalue weighted by Gasteiger charge is -2.21. The van der Waals surface area contributed by atoms with Gasteiger partial charge in [0.05, 0.1) is 12.2 Å². The quantitative estimate of drug-likeness (QED) is 0.159. The Kier molecular flexibility index (Phi) is 12.7. The Morgan fingerprint density at radius 3 is 2.83 bits per heavy atom. The number of hydrogen-bond acceptors (Lipinski definition) is 6. The van der Waals surface area contributed by atoms with E-state index in [4.69, 9.17) is 9.47 Å². The molecule has 166 valence electrons. The van der Waals surface area contributed by atoms with Gasteiger partial charge in [-0.15, -0.1) is 35.3 Å². The van der Waals surface area contributed by atoms with Crippen LogP contribution in [0.5, 0.6) is 0 Å². The first kappa shape index (κ1) is 26.1. The lowest BCUT2D eigenvalue weighted by molar-refractivity contribution is -0.148. The minimum absolute atomic E-state index is 0. The van der Waals surface area contributed by atoms with E-state index in [2.05, 4.69) is 25.6 Å². The van der Waals surface area contributed by atoms with Crippen LogP contribution in [0.3, 0.4) is 0 Å². The van der Waals surface area contributed by atoms with E-state index in [-0.39, 0.29) is 42.2 Å². The second kappa shape index (κ2) is 14.1. The zero-order valence-corrected chi connectivity index (χ0v) is 21.1. The van der Waals surface area contributed by atoms with E-state index in [1.165, 1.54) is 12.8 Å². The minimum Gasteiger partial charge on any atom is -0.462 e. The predicted molar refractivity (Wildman–Crippen MR) is 128 cm³/mol. The third kappa shape index (κ3) is 9.17. The molecule has 0 amide bonds. The van der Waals surface area contributed by atoms with Crippen molar-refractivity contribution in [2.24, 2.45) is 4.99 Å². The fourth-order valence-electron chi connectivity index (χ4n) is 3.13. The Morgan fingerprint density at radius 2 is 2.17 bits per heavy atom. The van der Waals surface area contributed by atoms with E-state index in [0.29, 0.717) is 25.9 Å². The highest BCUT2D eigenvalue weighted by Gasteiger charge is 2.18. The molecule has 29 heavy (non-hydrogen) atoms. The number of thiazole rings is 1. The number of esters is 1. The van der Waals surface area contributed by atoms with Crippen LogP contribution in [0.25, 0.3) is 0 Å². The van der Waals surface area contributed by atoms with Crippen LogP contribution in [0.2, 0.25) is 0 Å². The first-order valence-electron chi connectivity index (χ1n) is 10.2. The molecule has 0 saturated heterocycles. The number of nitrogens with one attached hydrogen (secondary N) is 1. The number of ether oxygens (including phenoxy) is 2. The molecule has 0 aromatic carbocycles. The van der Waals surface area contributed by atoms with E-state index < -0.39 is 0 Å². The smallest absolute Gasteiger partial charge is 0.306 e. The highest BCUT2D eigenvalue weighted by molar-refractivity contribution is 14.0. The molecule has 1 saturated carbocycles. The van der Waals surface area contributed by atoms with Gasteiger partial charge in [-0.05, 0) is 46.0 Å². The van der Waals surface area contributed by atoms with Gasteiger partial charge in [0.15, 0.2) is 5.96 Å². The number of nitrogens with zero attached hydrogens (tertiary/aromatic N) is 3. The summed E-state index contributed by atoms with van der Waals surface area (Å²) in [7, 11) is 3.69. The molecule has 1 atom stereocenters. The van der Waals surface area contributed by atoms with Crippen LogP contribution in [0.4, 0.5) is 0 Å². The van der Waals surface area contributed by atoms with Crippen molar-refractivity contribution in [1.82, 2.24) is 15.2 Å². The molecule has 1 aliphatic rings. The van der Waals surface area contributed by atoms with Crippen molar-refractivity contribution in [2.45, 2.75) is 71.1 Å². The fourth-order valence-corrected chi connectivity index (χ4v) is 3.97. The van der Waals surface area contributed by atoms with Gasteiger partial charge in [0.25, 0.3) is 0 Å². The third-order valence-electron chi connectivity index (χ3n) is 4.77. The first-order valence-corrected chi connectivity index (χ1v) is 11.1. The molecule has 1 aliphatic carbocycles. The van der Waals surface area contributed by atoms with Gasteiger partial charge in [0.1, 0.15) is 17.2 Å². The molecular weight excluding hydrogens is 503 g/mol. The number of carbonyl (C=O) groups is 1. The molecule has 7 nitrogen and oxygen atoms in total. The third-order valence-corrected chi connectivity index (χ3v) is 5.82. The molecule has 1 N–H and O–H groups in total. The molecular formula is C20H35IN4O3S. The van der Waals surface area contributed by atoms with Crippen LogP contribution in [-0.4, -0.2) is 55.2 Å². The summed E-state index contributed by atoms with van der Waals surface area (Å²) in [6, 6.07) is 0. The summed E-state index contributed by atoms with van der Waals surface area (Å²) in [5, 5.41) is 6.34. The fraction of sp³-hybridized carbons (Fsp3) is 0.750. The highest BCUT2D eigenvalue weighted by atomic mass is 127. The molecule has 0 aliphatic heterocycles. The predicted octanol–water partition coefficient (Wildman–Crippen LogP) is 4.13. The van der Waals surface area contributed by atoms with Gasteiger partial charge < -0.3 is 19.7 Å². The van der Waals surface area contributed by atoms with Crippen LogP contribution in [0.1, 0.15) is 69.2 Å². The molecule has 0 radical (unpaired) electrons. The topological polar surface area (TPSA) is 76.0 Å². The Hall–Kier alpha value is -0.940. The number of aromatic nitrogens is 1. The lowest BCUT2D eigenvalue weighted by atomic mass is 10.3. The van der Waals surface area contributed by atoms with E-state index in [1.54, 1.807) is 18.4 Å². The highest BCUT2D eigenvalue weighted by Crippen LogP contribution is 2.22. The van der Waals surface area contributed by atoms with Crippen molar-refractivity contribution in [2.75, 3.05) is 27.2 Å². The zero-order chi connectivity index (χ0) is 20.4. The van der Waals surface area contributed by atoms with Crippen molar-refractivity contribution >= 4 is 47.2 Å². The number of aliphatic imine (C=N–C) groups is 1. The molecule has 9 heteroatoms. The van der Waals surface area contributed by atoms with Gasteiger partial charge in [0.2, 0.25) is 0 Å².